The van der Waals surface area contributed by atoms with Gasteiger partial charge in [0.1, 0.15) is 18.5 Å². The van der Waals surface area contributed by atoms with Gasteiger partial charge < -0.3 is 15.3 Å². The summed E-state index contributed by atoms with van der Waals surface area (Å²) in [5.41, 5.74) is 2.53. The lowest BCUT2D eigenvalue weighted by Crippen LogP contribution is -2.44. The number of aryl methyl sites for hydroxylation is 1. The van der Waals surface area contributed by atoms with Gasteiger partial charge in [0.15, 0.2) is 5.78 Å². The summed E-state index contributed by atoms with van der Waals surface area (Å²) < 4.78 is 13.4. The summed E-state index contributed by atoms with van der Waals surface area (Å²) in [5.74, 6) is -0.549. The summed E-state index contributed by atoms with van der Waals surface area (Å²) in [6, 6.07) is 3.75. The van der Waals surface area contributed by atoms with Crippen LogP contribution in [0.15, 0.2) is 45.6 Å². The van der Waals surface area contributed by atoms with Crippen LogP contribution in [0, 0.1) is 6.92 Å². The first-order valence-electron chi connectivity index (χ1n) is 9.31. The van der Waals surface area contributed by atoms with Gasteiger partial charge >= 0.3 is 5.97 Å². The van der Waals surface area contributed by atoms with Gasteiger partial charge in [-0.15, -0.1) is 11.8 Å². The van der Waals surface area contributed by atoms with Crippen LogP contribution in [0.25, 0.3) is 0 Å². The van der Waals surface area contributed by atoms with Crippen molar-refractivity contribution in [2.24, 2.45) is 4.99 Å². The Morgan fingerprint density at radius 2 is 2.14 bits per heavy atom. The second kappa shape index (κ2) is 8.82. The Bertz CT molecular complexity index is 920. The first-order chi connectivity index (χ1) is 13.8. The molecule has 1 fully saturated rings. The fraction of sp³-hybridized carbons (Fsp3) is 0.381. The van der Waals surface area contributed by atoms with E-state index in [2.05, 4.69) is 10.3 Å². The molecule has 0 radical (unpaired) electrons. The van der Waals surface area contributed by atoms with Crippen LogP contribution in [0.4, 0.5) is 10.1 Å². The molecule has 0 atom stereocenters. The van der Waals surface area contributed by atoms with E-state index >= 15 is 0 Å². The van der Waals surface area contributed by atoms with Gasteiger partial charge in [0.25, 0.3) is 0 Å². The van der Waals surface area contributed by atoms with Crippen molar-refractivity contribution in [1.82, 2.24) is 4.90 Å². The Morgan fingerprint density at radius 3 is 2.76 bits per heavy atom. The van der Waals surface area contributed by atoms with Crippen molar-refractivity contribution in [2.75, 3.05) is 25.2 Å². The molecule has 8 heteroatoms. The number of aliphatic imine (C=N–C) groups is 1. The highest BCUT2D eigenvalue weighted by Gasteiger charge is 2.33. The number of hydrogen-bond donors (Lipinski definition) is 2. The smallest absolute Gasteiger partial charge is 0.325 e. The highest BCUT2D eigenvalue weighted by molar-refractivity contribution is 7.98. The lowest BCUT2D eigenvalue weighted by Gasteiger charge is -2.40. The number of rotatable bonds is 6. The first kappa shape index (κ1) is 21.1. The predicted molar refractivity (Wildman–Crippen MR) is 114 cm³/mol. The molecule has 1 aliphatic carbocycles. The molecule has 0 amide bonds. The Labute approximate surface area is 173 Å². The average Bonchev–Trinajstić information content (AvgIpc) is 2.64. The number of anilines is 1. The van der Waals surface area contributed by atoms with Crippen LogP contribution < -0.4 is 5.32 Å². The third kappa shape index (κ3) is 4.53. The number of aliphatic carboxylic acids is 1. The molecular weight excluding hydrogens is 393 g/mol. The van der Waals surface area contributed by atoms with Crippen LogP contribution in [0.2, 0.25) is 0 Å². The van der Waals surface area contributed by atoms with E-state index in [9.17, 15) is 14.0 Å². The summed E-state index contributed by atoms with van der Waals surface area (Å²) in [6.45, 7) is 1.57. The van der Waals surface area contributed by atoms with E-state index in [-0.39, 0.29) is 11.8 Å². The molecule has 0 saturated heterocycles. The van der Waals surface area contributed by atoms with E-state index in [1.807, 2.05) is 31.2 Å². The number of allylic oxidation sites excluding steroid dienone is 3. The van der Waals surface area contributed by atoms with Crippen LogP contribution in [0.3, 0.4) is 0 Å². The fourth-order valence-electron chi connectivity index (χ4n) is 3.40. The van der Waals surface area contributed by atoms with Gasteiger partial charge in [0.2, 0.25) is 0 Å². The van der Waals surface area contributed by atoms with Gasteiger partial charge in [-0.2, -0.15) is 0 Å². The van der Waals surface area contributed by atoms with E-state index in [1.54, 1.807) is 30.0 Å². The molecule has 2 N–H and O–H groups in total. The largest absolute Gasteiger partial charge is 0.480 e. The average molecular weight is 418 g/mol. The van der Waals surface area contributed by atoms with Crippen molar-refractivity contribution in [2.45, 2.75) is 36.9 Å². The van der Waals surface area contributed by atoms with Crippen LogP contribution >= 0.6 is 11.8 Å². The van der Waals surface area contributed by atoms with E-state index in [4.69, 9.17) is 5.11 Å². The topological polar surface area (TPSA) is 82.0 Å². The number of carboxylic acid groups (broad SMARTS) is 1. The van der Waals surface area contributed by atoms with E-state index < -0.39 is 18.7 Å². The van der Waals surface area contributed by atoms with Crippen molar-refractivity contribution in [3.63, 3.8) is 0 Å². The predicted octanol–water partition coefficient (Wildman–Crippen LogP) is 3.68. The second-order valence-electron chi connectivity index (χ2n) is 7.16. The molecule has 29 heavy (non-hydrogen) atoms. The number of alkyl halides is 1. The number of hydrogen-bond acceptors (Lipinski definition) is 6. The number of benzene rings is 1. The summed E-state index contributed by atoms with van der Waals surface area (Å²) in [6.07, 6.45) is 6.82. The normalized spacial score (nSPS) is 24.9. The van der Waals surface area contributed by atoms with Crippen LogP contribution in [0.1, 0.15) is 28.8 Å². The maximum Gasteiger partial charge on any atom is 0.325 e. The van der Waals surface area contributed by atoms with Gasteiger partial charge in [-0.1, -0.05) is 6.07 Å². The minimum atomic E-state index is -1.07. The molecule has 1 aromatic carbocycles. The molecule has 1 aliphatic heterocycles. The molecule has 6 nitrogen and oxygen atoms in total. The van der Waals surface area contributed by atoms with E-state index in [0.717, 1.165) is 16.3 Å². The highest BCUT2D eigenvalue weighted by Crippen LogP contribution is 2.37. The number of halogens is 1. The number of Topliss-reactive ketones (excluding diaryl/α,β-unsaturated/α-hetero) is 1. The molecule has 0 aromatic heterocycles. The molecule has 3 rings (SSSR count). The lowest BCUT2D eigenvalue weighted by atomic mass is 9.89. The van der Waals surface area contributed by atoms with Crippen LogP contribution in [0.5, 0.6) is 0 Å². The minimum absolute atomic E-state index is 0.0856. The zero-order valence-electron chi connectivity index (χ0n) is 16.6. The van der Waals surface area contributed by atoms with Crippen LogP contribution in [-0.4, -0.2) is 60.0 Å². The van der Waals surface area contributed by atoms with Gasteiger partial charge in [-0.3, -0.25) is 14.6 Å². The Kier molecular flexibility index (Phi) is 6.42. The summed E-state index contributed by atoms with van der Waals surface area (Å²) in [4.78, 5) is 30.7. The summed E-state index contributed by atoms with van der Waals surface area (Å²) >= 11 is 1.54. The molecule has 0 bridgehead atoms. The summed E-state index contributed by atoms with van der Waals surface area (Å²) in [5, 5.41) is 12.2. The number of nitrogens with zero attached hydrogens (tertiary/aromatic N) is 2. The highest BCUT2D eigenvalue weighted by atomic mass is 32.2. The molecule has 154 valence electrons. The molecule has 1 heterocycles. The maximum absolute atomic E-state index is 13.4. The fourth-order valence-corrected chi connectivity index (χ4v) is 4.15. The maximum atomic E-state index is 13.4. The first-order valence-corrected chi connectivity index (χ1v) is 10.5. The Balaban J connectivity index is 2.06. The number of ketones is 1. The van der Waals surface area contributed by atoms with Gasteiger partial charge in [0.05, 0.1) is 5.69 Å². The summed E-state index contributed by atoms with van der Waals surface area (Å²) in [7, 11) is 1.90. The van der Waals surface area contributed by atoms with Gasteiger partial charge in [0, 0.05) is 35.3 Å². The van der Waals surface area contributed by atoms with Crippen LogP contribution in [-0.2, 0) is 4.79 Å². The molecule has 1 saturated carbocycles. The third-order valence-corrected chi connectivity index (χ3v) is 6.11. The second-order valence-corrected chi connectivity index (χ2v) is 7.98. The zero-order valence-corrected chi connectivity index (χ0v) is 17.4. The van der Waals surface area contributed by atoms with Crippen molar-refractivity contribution in [1.29, 1.82) is 0 Å². The van der Waals surface area contributed by atoms with Crippen molar-refractivity contribution >= 4 is 35.4 Å². The zero-order chi connectivity index (χ0) is 21.1. The monoisotopic (exact) mass is 417 g/mol. The van der Waals surface area contributed by atoms with Gasteiger partial charge in [-0.05, 0) is 49.8 Å². The lowest BCUT2D eigenvalue weighted by molar-refractivity contribution is -0.135. The number of carbonyl (C=O) groups is 2. The molecule has 0 unspecified atom stereocenters. The van der Waals surface area contributed by atoms with Crippen molar-refractivity contribution in [3.05, 3.63) is 46.8 Å². The SMILES string of the molecule is CSc1c(C)ccc2c1N/C(N(C)C1CC(F)C1)=C\C=C(/C=NCC(=O)O)C2=O. The number of nitrogens with one attached hydrogen (secondary N) is 1. The number of carboxylic acids is 1. The number of fused-ring (bicyclic) bond motifs is 1. The van der Waals surface area contributed by atoms with Crippen molar-refractivity contribution in [3.8, 4) is 0 Å². The van der Waals surface area contributed by atoms with E-state index in [1.165, 1.54) is 6.21 Å². The molecular formula is C21H24FN3O3S. The molecule has 0 spiro atoms. The van der Waals surface area contributed by atoms with Gasteiger partial charge in [-0.25, -0.2) is 4.39 Å². The number of thioether (sulfide) groups is 1. The standard InChI is InChI=1S/C21H24FN3O3S/c1-12-4-6-16-19(21(12)29-3)24-17(25(2)15-8-14(22)9-15)7-5-13(20(16)28)10-23-11-18(26)27/h4-7,10,14-15,24H,8-9,11H2,1-3H3,(H,26,27)/b13-5+,17-7+,23-10?. The molecule has 1 aromatic rings. The third-order valence-electron chi connectivity index (χ3n) is 5.18. The minimum Gasteiger partial charge on any atom is -0.480 e. The Morgan fingerprint density at radius 1 is 1.41 bits per heavy atom. The quantitative estimate of drug-likeness (QED) is 0.543. The Hall–Kier alpha value is -2.61. The molecule has 2 aliphatic rings. The number of carbonyl (C=O) groups excluding carboxylic acids is 1. The van der Waals surface area contributed by atoms with Crippen molar-refractivity contribution < 1.29 is 19.1 Å². The van der Waals surface area contributed by atoms with E-state index in [0.29, 0.717) is 29.7 Å².